The van der Waals surface area contributed by atoms with Gasteiger partial charge in [0.2, 0.25) is 17.7 Å². The summed E-state index contributed by atoms with van der Waals surface area (Å²) in [7, 11) is 1.50. The van der Waals surface area contributed by atoms with Gasteiger partial charge in [-0.05, 0) is 42.5 Å². The van der Waals surface area contributed by atoms with Crippen molar-refractivity contribution in [1.82, 2.24) is 4.98 Å². The number of ether oxygens (including phenoxy) is 1. The SMILES string of the molecule is COc1ccc(NC(C)=O)cc1NC(=O)Cc1csc(SCC(=O)Nc2ccc(Cl)cc2)n1. The summed E-state index contributed by atoms with van der Waals surface area (Å²) in [5.74, 6) is -0.00131. The van der Waals surface area contributed by atoms with Crippen LogP contribution in [0.25, 0.3) is 0 Å². The van der Waals surface area contributed by atoms with Crippen LogP contribution in [-0.2, 0) is 20.8 Å². The summed E-state index contributed by atoms with van der Waals surface area (Å²) in [4.78, 5) is 40.3. The van der Waals surface area contributed by atoms with Gasteiger partial charge in [-0.2, -0.15) is 0 Å². The van der Waals surface area contributed by atoms with Gasteiger partial charge in [-0.15, -0.1) is 11.3 Å². The molecule has 1 heterocycles. The standard InChI is InChI=1S/C22H21ClN4O4S2/c1-13(28)24-16-7-8-19(31-2)18(9-16)27-20(29)10-17-11-32-22(26-17)33-12-21(30)25-15-5-3-14(23)4-6-15/h3-9,11H,10,12H2,1-2H3,(H,24,28)(H,25,30)(H,27,29). The van der Waals surface area contributed by atoms with Crippen LogP contribution in [0.2, 0.25) is 5.02 Å². The Morgan fingerprint density at radius 1 is 1.03 bits per heavy atom. The van der Waals surface area contributed by atoms with Crippen molar-refractivity contribution < 1.29 is 19.1 Å². The Labute approximate surface area is 204 Å². The maximum absolute atomic E-state index is 12.5. The largest absolute Gasteiger partial charge is 0.495 e. The van der Waals surface area contributed by atoms with Crippen molar-refractivity contribution >= 4 is 69.5 Å². The molecule has 172 valence electrons. The Hall–Kier alpha value is -3.08. The lowest BCUT2D eigenvalue weighted by atomic mass is 10.2. The zero-order chi connectivity index (χ0) is 23.8. The van der Waals surface area contributed by atoms with Gasteiger partial charge in [-0.1, -0.05) is 23.4 Å². The third-order valence-corrected chi connectivity index (χ3v) is 6.44. The Morgan fingerprint density at radius 3 is 2.45 bits per heavy atom. The van der Waals surface area contributed by atoms with Crippen LogP contribution in [0.4, 0.5) is 17.1 Å². The first kappa shape index (κ1) is 24.6. The van der Waals surface area contributed by atoms with E-state index in [2.05, 4.69) is 20.9 Å². The summed E-state index contributed by atoms with van der Waals surface area (Å²) in [6.07, 6.45) is 0.0571. The number of hydrogen-bond acceptors (Lipinski definition) is 7. The second-order valence-electron chi connectivity index (χ2n) is 6.77. The van der Waals surface area contributed by atoms with Gasteiger partial charge in [-0.3, -0.25) is 14.4 Å². The number of amides is 3. The number of halogens is 1. The number of carbonyl (C=O) groups excluding carboxylic acids is 3. The van der Waals surface area contributed by atoms with Crippen molar-refractivity contribution in [1.29, 1.82) is 0 Å². The number of methoxy groups -OCH3 is 1. The zero-order valence-electron chi connectivity index (χ0n) is 17.8. The van der Waals surface area contributed by atoms with Crippen molar-refractivity contribution in [2.45, 2.75) is 17.7 Å². The maximum Gasteiger partial charge on any atom is 0.234 e. The topological polar surface area (TPSA) is 109 Å². The van der Waals surface area contributed by atoms with Crippen LogP contribution in [0.3, 0.4) is 0 Å². The predicted molar refractivity (Wildman–Crippen MR) is 133 cm³/mol. The number of thioether (sulfide) groups is 1. The number of hydrogen-bond donors (Lipinski definition) is 3. The van der Waals surface area contributed by atoms with Crippen LogP contribution >= 0.6 is 34.7 Å². The molecule has 0 saturated heterocycles. The molecule has 33 heavy (non-hydrogen) atoms. The van der Waals surface area contributed by atoms with E-state index in [1.807, 2.05) is 0 Å². The lowest BCUT2D eigenvalue weighted by Gasteiger charge is -2.12. The fourth-order valence-corrected chi connectivity index (χ4v) is 4.51. The highest BCUT2D eigenvalue weighted by molar-refractivity contribution is 8.01. The predicted octanol–water partition coefficient (Wildman–Crippen LogP) is 4.68. The van der Waals surface area contributed by atoms with E-state index in [0.29, 0.717) is 37.9 Å². The monoisotopic (exact) mass is 504 g/mol. The first-order chi connectivity index (χ1) is 15.8. The smallest absolute Gasteiger partial charge is 0.234 e. The molecule has 0 atom stereocenters. The quantitative estimate of drug-likeness (QED) is 0.365. The van der Waals surface area contributed by atoms with Crippen molar-refractivity contribution in [3.63, 3.8) is 0 Å². The minimum Gasteiger partial charge on any atom is -0.495 e. The van der Waals surface area contributed by atoms with E-state index in [-0.39, 0.29) is 29.9 Å². The molecule has 0 aliphatic heterocycles. The van der Waals surface area contributed by atoms with Crippen LogP contribution in [0.15, 0.2) is 52.2 Å². The van der Waals surface area contributed by atoms with Gasteiger partial charge < -0.3 is 20.7 Å². The molecular weight excluding hydrogens is 484 g/mol. The van der Waals surface area contributed by atoms with Gasteiger partial charge >= 0.3 is 0 Å². The number of nitrogens with one attached hydrogen (secondary N) is 3. The van der Waals surface area contributed by atoms with Gasteiger partial charge in [-0.25, -0.2) is 4.98 Å². The van der Waals surface area contributed by atoms with E-state index in [4.69, 9.17) is 16.3 Å². The van der Waals surface area contributed by atoms with E-state index in [1.54, 1.807) is 47.8 Å². The highest BCUT2D eigenvalue weighted by atomic mass is 35.5. The molecular formula is C22H21ClN4O4S2. The third-order valence-electron chi connectivity index (χ3n) is 4.12. The van der Waals surface area contributed by atoms with Crippen molar-refractivity contribution in [2.75, 3.05) is 28.8 Å². The average molecular weight is 505 g/mol. The molecule has 8 nitrogen and oxygen atoms in total. The number of anilines is 3. The summed E-state index contributed by atoms with van der Waals surface area (Å²) in [6, 6.07) is 11.8. The number of rotatable bonds is 9. The summed E-state index contributed by atoms with van der Waals surface area (Å²) in [5.41, 5.74) is 2.25. The van der Waals surface area contributed by atoms with E-state index in [1.165, 1.54) is 37.1 Å². The van der Waals surface area contributed by atoms with Crippen LogP contribution in [0.1, 0.15) is 12.6 Å². The van der Waals surface area contributed by atoms with E-state index in [9.17, 15) is 14.4 Å². The van der Waals surface area contributed by atoms with E-state index < -0.39 is 0 Å². The van der Waals surface area contributed by atoms with Gasteiger partial charge in [0, 0.05) is 28.7 Å². The van der Waals surface area contributed by atoms with Crippen LogP contribution in [0.5, 0.6) is 5.75 Å². The molecule has 0 fully saturated rings. The van der Waals surface area contributed by atoms with Gasteiger partial charge in [0.1, 0.15) is 5.75 Å². The Bertz CT molecular complexity index is 1150. The first-order valence-electron chi connectivity index (χ1n) is 9.70. The molecule has 1 aromatic heterocycles. The maximum atomic E-state index is 12.5. The normalized spacial score (nSPS) is 10.4. The molecule has 0 aliphatic rings. The first-order valence-corrected chi connectivity index (χ1v) is 11.9. The summed E-state index contributed by atoms with van der Waals surface area (Å²) in [5, 5.41) is 10.6. The van der Waals surface area contributed by atoms with E-state index >= 15 is 0 Å². The van der Waals surface area contributed by atoms with Gasteiger partial charge in [0.05, 0.1) is 30.7 Å². The molecule has 3 rings (SSSR count). The van der Waals surface area contributed by atoms with Crippen molar-refractivity contribution in [3.05, 3.63) is 58.6 Å². The fourth-order valence-electron chi connectivity index (χ4n) is 2.74. The second kappa shape index (κ2) is 11.7. The highest BCUT2D eigenvalue weighted by Crippen LogP contribution is 2.28. The van der Waals surface area contributed by atoms with Crippen molar-refractivity contribution in [3.8, 4) is 5.75 Å². The molecule has 0 spiro atoms. The van der Waals surface area contributed by atoms with Crippen LogP contribution in [0, 0.1) is 0 Å². The fraction of sp³-hybridized carbons (Fsp3) is 0.182. The summed E-state index contributed by atoms with van der Waals surface area (Å²) >= 11 is 8.50. The van der Waals surface area contributed by atoms with Gasteiger partial charge in [0.15, 0.2) is 4.34 Å². The number of thiazole rings is 1. The Morgan fingerprint density at radius 2 is 1.76 bits per heavy atom. The molecule has 0 saturated carbocycles. The van der Waals surface area contributed by atoms with Crippen LogP contribution in [-0.4, -0.2) is 35.6 Å². The minimum absolute atomic E-state index is 0.0571. The molecule has 0 bridgehead atoms. The number of carbonyl (C=O) groups is 3. The Kier molecular flexibility index (Phi) is 8.70. The molecule has 3 amide bonds. The number of benzene rings is 2. The zero-order valence-corrected chi connectivity index (χ0v) is 20.2. The minimum atomic E-state index is -0.282. The molecule has 2 aromatic carbocycles. The lowest BCUT2D eigenvalue weighted by molar-refractivity contribution is -0.116. The molecule has 0 unspecified atom stereocenters. The Balaban J connectivity index is 1.52. The summed E-state index contributed by atoms with van der Waals surface area (Å²) < 4.78 is 5.96. The van der Waals surface area contributed by atoms with Gasteiger partial charge in [0.25, 0.3) is 0 Å². The highest BCUT2D eigenvalue weighted by Gasteiger charge is 2.13. The summed E-state index contributed by atoms with van der Waals surface area (Å²) in [6.45, 7) is 1.40. The molecule has 0 radical (unpaired) electrons. The third kappa shape index (κ3) is 7.77. The average Bonchev–Trinajstić information content (AvgIpc) is 3.21. The lowest BCUT2D eigenvalue weighted by Crippen LogP contribution is -2.16. The molecule has 3 aromatic rings. The van der Waals surface area contributed by atoms with Crippen LogP contribution < -0.4 is 20.7 Å². The molecule has 11 heteroatoms. The van der Waals surface area contributed by atoms with Crippen molar-refractivity contribution in [2.24, 2.45) is 0 Å². The second-order valence-corrected chi connectivity index (χ2v) is 9.29. The van der Waals surface area contributed by atoms with E-state index in [0.717, 1.165) is 0 Å². The molecule has 3 N–H and O–H groups in total. The number of aromatic nitrogens is 1. The number of nitrogens with zero attached hydrogens (tertiary/aromatic N) is 1. The molecule has 0 aliphatic carbocycles.